The highest BCUT2D eigenvalue weighted by atomic mass is 16.6. The van der Waals surface area contributed by atoms with E-state index in [2.05, 4.69) is 4.98 Å². The molecule has 5 nitrogen and oxygen atoms in total. The van der Waals surface area contributed by atoms with Gasteiger partial charge in [0.05, 0.1) is 5.52 Å². The van der Waals surface area contributed by atoms with Crippen molar-refractivity contribution in [2.45, 2.75) is 6.92 Å². The van der Waals surface area contributed by atoms with Gasteiger partial charge < -0.3 is 14.6 Å². The number of nitrogens with zero attached hydrogens (tertiary/aromatic N) is 1. The highest BCUT2D eigenvalue weighted by molar-refractivity contribution is 5.87. The van der Waals surface area contributed by atoms with E-state index in [1.165, 1.54) is 11.0 Å². The molecule has 5 heteroatoms. The van der Waals surface area contributed by atoms with Gasteiger partial charge in [-0.05, 0) is 19.1 Å². The lowest BCUT2D eigenvalue weighted by Gasteiger charge is -2.12. The molecule has 1 amide bonds. The molecule has 2 rings (SSSR count). The van der Waals surface area contributed by atoms with E-state index in [4.69, 9.17) is 4.74 Å². The molecule has 18 heavy (non-hydrogen) atoms. The van der Waals surface area contributed by atoms with Gasteiger partial charge in [-0.15, -0.1) is 0 Å². The van der Waals surface area contributed by atoms with Crippen molar-refractivity contribution in [1.29, 1.82) is 0 Å². The van der Waals surface area contributed by atoms with Gasteiger partial charge in [-0.3, -0.25) is 4.79 Å². The van der Waals surface area contributed by atoms with Crippen molar-refractivity contribution < 1.29 is 9.53 Å². The molecule has 1 N–H and O–H groups in total. The number of carbonyl (C=O) groups excluding carboxylic acids is 1. The lowest BCUT2D eigenvalue weighted by molar-refractivity contribution is 0.172. The van der Waals surface area contributed by atoms with Crippen LogP contribution in [0.4, 0.5) is 4.79 Å². The van der Waals surface area contributed by atoms with Crippen LogP contribution in [0.3, 0.4) is 0 Å². The molecule has 0 spiro atoms. The predicted molar refractivity (Wildman–Crippen MR) is 69.0 cm³/mol. The van der Waals surface area contributed by atoms with Gasteiger partial charge in [0.25, 0.3) is 5.56 Å². The number of ether oxygens (including phenoxy) is 1. The molecule has 0 fully saturated rings. The number of nitrogens with one attached hydrogen (secondary N) is 1. The number of aromatic nitrogens is 1. The zero-order valence-electron chi connectivity index (χ0n) is 10.5. The fourth-order valence-corrected chi connectivity index (χ4v) is 1.61. The molecule has 0 saturated carbocycles. The molecule has 0 atom stereocenters. The molecule has 1 aromatic carbocycles. The molecule has 0 aliphatic carbocycles. The van der Waals surface area contributed by atoms with Crippen molar-refractivity contribution in [3.05, 3.63) is 40.2 Å². The third kappa shape index (κ3) is 2.34. The highest BCUT2D eigenvalue weighted by Gasteiger charge is 2.11. The van der Waals surface area contributed by atoms with Crippen LogP contribution in [0, 0.1) is 6.92 Å². The lowest BCUT2D eigenvalue weighted by Crippen LogP contribution is -2.25. The minimum Gasteiger partial charge on any atom is -0.409 e. The predicted octanol–water partition coefficient (Wildman–Crippen LogP) is 1.90. The molecular formula is C13H14N2O3. The average Bonchev–Trinajstić information content (AvgIpc) is 2.29. The van der Waals surface area contributed by atoms with Crippen LogP contribution in [0.25, 0.3) is 10.9 Å². The van der Waals surface area contributed by atoms with Gasteiger partial charge in [-0.25, -0.2) is 4.79 Å². The second kappa shape index (κ2) is 4.52. The molecule has 1 aromatic heterocycles. The van der Waals surface area contributed by atoms with Crippen LogP contribution in [0.1, 0.15) is 5.56 Å². The van der Waals surface area contributed by atoms with E-state index in [9.17, 15) is 9.59 Å². The second-order valence-electron chi connectivity index (χ2n) is 4.31. The van der Waals surface area contributed by atoms with Gasteiger partial charge in [0, 0.05) is 25.5 Å². The number of rotatable bonds is 1. The summed E-state index contributed by atoms with van der Waals surface area (Å²) in [4.78, 5) is 27.0. The molecular weight excluding hydrogens is 232 g/mol. The summed E-state index contributed by atoms with van der Waals surface area (Å²) in [5.74, 6) is 0.274. The van der Waals surface area contributed by atoms with Crippen molar-refractivity contribution >= 4 is 17.0 Å². The van der Waals surface area contributed by atoms with Crippen LogP contribution in [0.15, 0.2) is 29.1 Å². The third-order valence-electron chi connectivity index (χ3n) is 2.52. The zero-order valence-corrected chi connectivity index (χ0v) is 10.5. The maximum absolute atomic E-state index is 11.5. The third-order valence-corrected chi connectivity index (χ3v) is 2.52. The first-order chi connectivity index (χ1) is 8.47. The first kappa shape index (κ1) is 12.2. The fourth-order valence-electron chi connectivity index (χ4n) is 1.61. The smallest absolute Gasteiger partial charge is 0.409 e. The maximum atomic E-state index is 11.5. The van der Waals surface area contributed by atoms with Crippen LogP contribution in [-0.2, 0) is 0 Å². The Morgan fingerprint density at radius 3 is 2.67 bits per heavy atom. The molecule has 0 bridgehead atoms. The van der Waals surface area contributed by atoms with Crippen LogP contribution in [0.2, 0.25) is 0 Å². The van der Waals surface area contributed by atoms with Crippen molar-refractivity contribution in [1.82, 2.24) is 9.88 Å². The molecule has 0 aliphatic rings. The minimum atomic E-state index is -0.511. The SMILES string of the molecule is Cc1ccc2[nH]c(=O)cc(OC(=O)N(C)C)c2c1. The number of carbonyl (C=O) groups is 1. The summed E-state index contributed by atoms with van der Waals surface area (Å²) in [7, 11) is 3.17. The summed E-state index contributed by atoms with van der Waals surface area (Å²) in [5.41, 5.74) is 1.37. The minimum absolute atomic E-state index is 0.274. The van der Waals surface area contributed by atoms with Crippen LogP contribution < -0.4 is 10.3 Å². The van der Waals surface area contributed by atoms with E-state index in [1.54, 1.807) is 20.2 Å². The number of amides is 1. The average molecular weight is 246 g/mol. The zero-order chi connectivity index (χ0) is 13.3. The Kier molecular flexibility index (Phi) is 3.06. The van der Waals surface area contributed by atoms with Gasteiger partial charge in [0.2, 0.25) is 0 Å². The first-order valence-corrected chi connectivity index (χ1v) is 5.50. The van der Waals surface area contributed by atoms with E-state index in [0.717, 1.165) is 5.56 Å². The number of pyridine rings is 1. The van der Waals surface area contributed by atoms with Crippen molar-refractivity contribution in [3.8, 4) is 5.75 Å². The van der Waals surface area contributed by atoms with Crippen LogP contribution in [-0.4, -0.2) is 30.1 Å². The molecule has 94 valence electrons. The summed E-state index contributed by atoms with van der Waals surface area (Å²) in [6.45, 7) is 1.93. The van der Waals surface area contributed by atoms with Crippen LogP contribution >= 0.6 is 0 Å². The highest BCUT2D eigenvalue weighted by Crippen LogP contribution is 2.23. The van der Waals surface area contributed by atoms with Gasteiger partial charge in [0.15, 0.2) is 0 Å². The van der Waals surface area contributed by atoms with Crippen LogP contribution in [0.5, 0.6) is 5.75 Å². The number of benzene rings is 1. The van der Waals surface area contributed by atoms with E-state index in [-0.39, 0.29) is 11.3 Å². The molecule has 0 radical (unpaired) electrons. The number of hydrogen-bond donors (Lipinski definition) is 1. The standard InChI is InChI=1S/C13H14N2O3/c1-8-4-5-10-9(6-8)11(7-12(16)14-10)18-13(17)15(2)3/h4-7H,1-3H3,(H,14,16). The number of fused-ring (bicyclic) bond motifs is 1. The summed E-state index contributed by atoms with van der Waals surface area (Å²) >= 11 is 0. The van der Waals surface area contributed by atoms with Gasteiger partial charge in [0.1, 0.15) is 5.75 Å². The Morgan fingerprint density at radius 1 is 1.28 bits per heavy atom. The number of hydrogen-bond acceptors (Lipinski definition) is 3. The molecule has 0 unspecified atom stereocenters. The first-order valence-electron chi connectivity index (χ1n) is 5.50. The van der Waals surface area contributed by atoms with Gasteiger partial charge >= 0.3 is 6.09 Å². The summed E-state index contributed by atoms with van der Waals surface area (Å²) in [6, 6.07) is 6.82. The summed E-state index contributed by atoms with van der Waals surface area (Å²) in [5, 5.41) is 0.713. The van der Waals surface area contributed by atoms with Crippen molar-refractivity contribution in [2.75, 3.05) is 14.1 Å². The van der Waals surface area contributed by atoms with E-state index in [0.29, 0.717) is 10.9 Å². The molecule has 1 heterocycles. The van der Waals surface area contributed by atoms with E-state index >= 15 is 0 Å². The van der Waals surface area contributed by atoms with Gasteiger partial charge in [-0.1, -0.05) is 11.6 Å². The Hall–Kier alpha value is -2.30. The van der Waals surface area contributed by atoms with Gasteiger partial charge in [-0.2, -0.15) is 0 Å². The van der Waals surface area contributed by atoms with E-state index in [1.807, 2.05) is 19.1 Å². The Bertz CT molecular complexity index is 659. The van der Waals surface area contributed by atoms with Crippen molar-refractivity contribution in [2.24, 2.45) is 0 Å². The number of aromatic amines is 1. The fraction of sp³-hybridized carbons (Fsp3) is 0.231. The summed E-state index contributed by atoms with van der Waals surface area (Å²) < 4.78 is 5.19. The normalized spacial score (nSPS) is 10.4. The maximum Gasteiger partial charge on any atom is 0.414 e. The topological polar surface area (TPSA) is 62.4 Å². The lowest BCUT2D eigenvalue weighted by atomic mass is 10.1. The molecule has 2 aromatic rings. The number of aryl methyl sites for hydroxylation is 1. The molecule has 0 aliphatic heterocycles. The molecule has 0 saturated heterocycles. The quantitative estimate of drug-likeness (QED) is 0.835. The Morgan fingerprint density at radius 2 is 2.00 bits per heavy atom. The summed E-state index contributed by atoms with van der Waals surface area (Å²) in [6.07, 6.45) is -0.511. The Labute approximate surface area is 104 Å². The largest absolute Gasteiger partial charge is 0.414 e. The Balaban J connectivity index is 2.58. The second-order valence-corrected chi connectivity index (χ2v) is 4.31. The van der Waals surface area contributed by atoms with E-state index < -0.39 is 6.09 Å². The number of H-pyrrole nitrogens is 1. The van der Waals surface area contributed by atoms with Crippen molar-refractivity contribution in [3.63, 3.8) is 0 Å². The monoisotopic (exact) mass is 246 g/mol.